The lowest BCUT2D eigenvalue weighted by Gasteiger charge is -2.24. The topological polar surface area (TPSA) is 75.7 Å². The van der Waals surface area contributed by atoms with Gasteiger partial charge in [-0.1, -0.05) is 30.3 Å². The molecule has 0 spiro atoms. The van der Waals surface area contributed by atoms with E-state index < -0.39 is 6.10 Å². The highest BCUT2D eigenvalue weighted by Gasteiger charge is 2.27. The van der Waals surface area contributed by atoms with E-state index in [1.54, 1.807) is 18.3 Å². The number of ether oxygens (including phenoxy) is 2. The number of amides is 1. The van der Waals surface area contributed by atoms with E-state index in [0.29, 0.717) is 11.5 Å². The first kappa shape index (κ1) is 15.3. The van der Waals surface area contributed by atoms with Crippen LogP contribution in [0.15, 0.2) is 53.6 Å². The van der Waals surface area contributed by atoms with Crippen molar-refractivity contribution in [2.45, 2.75) is 13.0 Å². The fourth-order valence-electron chi connectivity index (χ4n) is 2.85. The largest absolute Gasteiger partial charge is 0.485 e. The Morgan fingerprint density at radius 2 is 1.96 bits per heavy atom. The Bertz CT molecular complexity index is 961. The van der Waals surface area contributed by atoms with E-state index in [1.807, 2.05) is 43.3 Å². The van der Waals surface area contributed by atoms with Gasteiger partial charge in [0.15, 0.2) is 11.5 Å². The predicted molar refractivity (Wildman–Crippen MR) is 95.1 cm³/mol. The van der Waals surface area contributed by atoms with Crippen molar-refractivity contribution in [1.82, 2.24) is 10.4 Å². The van der Waals surface area contributed by atoms with Crippen molar-refractivity contribution in [3.05, 3.63) is 59.8 Å². The average Bonchev–Trinajstić information content (AvgIpc) is 2.96. The summed E-state index contributed by atoms with van der Waals surface area (Å²) in [6.07, 6.45) is 0.917. The number of carbonyl (C=O) groups excluding carboxylic acids is 1. The van der Waals surface area contributed by atoms with Gasteiger partial charge in [0.1, 0.15) is 6.61 Å². The second-order valence-electron chi connectivity index (χ2n) is 5.81. The first-order chi connectivity index (χ1) is 12.2. The number of benzene rings is 2. The summed E-state index contributed by atoms with van der Waals surface area (Å²) in [6.45, 7) is 2.13. The smallest absolute Gasteiger partial charge is 0.284 e. The molecule has 1 aromatic heterocycles. The zero-order valence-electron chi connectivity index (χ0n) is 13.7. The van der Waals surface area contributed by atoms with Crippen molar-refractivity contribution in [1.29, 1.82) is 0 Å². The zero-order valence-corrected chi connectivity index (χ0v) is 13.7. The standard InChI is InChI=1S/C19H17N3O3/c1-12-14(13-6-2-3-7-15(13)21-12)10-20-22-19(23)18-11-24-16-8-4-5-9-17(16)25-18/h2-10,18,21H,11H2,1H3,(H,22,23)/t18-/m0/s1. The fourth-order valence-corrected chi connectivity index (χ4v) is 2.85. The lowest BCUT2D eigenvalue weighted by molar-refractivity contribution is -0.130. The number of aromatic nitrogens is 1. The number of para-hydroxylation sites is 3. The summed E-state index contributed by atoms with van der Waals surface area (Å²) in [5.74, 6) is 0.859. The van der Waals surface area contributed by atoms with Gasteiger partial charge in [-0.25, -0.2) is 5.43 Å². The van der Waals surface area contributed by atoms with E-state index in [0.717, 1.165) is 22.2 Å². The molecule has 25 heavy (non-hydrogen) atoms. The van der Waals surface area contributed by atoms with Crippen LogP contribution < -0.4 is 14.9 Å². The molecule has 1 amide bonds. The number of nitrogens with zero attached hydrogens (tertiary/aromatic N) is 1. The number of aromatic amines is 1. The van der Waals surface area contributed by atoms with Gasteiger partial charge in [0.2, 0.25) is 6.10 Å². The molecule has 6 nitrogen and oxygen atoms in total. The maximum absolute atomic E-state index is 12.2. The third-order valence-electron chi connectivity index (χ3n) is 4.11. The molecule has 1 aliphatic heterocycles. The second-order valence-corrected chi connectivity index (χ2v) is 5.81. The lowest BCUT2D eigenvalue weighted by atomic mass is 10.1. The first-order valence-corrected chi connectivity index (χ1v) is 8.01. The average molecular weight is 335 g/mol. The number of hydrogen-bond donors (Lipinski definition) is 2. The highest BCUT2D eigenvalue weighted by molar-refractivity contribution is 6.00. The number of hydrogen-bond acceptors (Lipinski definition) is 4. The number of carbonyl (C=O) groups is 1. The van der Waals surface area contributed by atoms with E-state index in [4.69, 9.17) is 9.47 Å². The summed E-state index contributed by atoms with van der Waals surface area (Å²) in [7, 11) is 0. The van der Waals surface area contributed by atoms with Crippen molar-refractivity contribution in [3.8, 4) is 11.5 Å². The molecule has 126 valence electrons. The van der Waals surface area contributed by atoms with E-state index in [1.165, 1.54) is 0 Å². The van der Waals surface area contributed by atoms with Gasteiger partial charge in [0, 0.05) is 22.2 Å². The minimum Gasteiger partial charge on any atom is -0.485 e. The van der Waals surface area contributed by atoms with Gasteiger partial charge in [-0.05, 0) is 25.1 Å². The van der Waals surface area contributed by atoms with Gasteiger partial charge in [0.25, 0.3) is 5.91 Å². The summed E-state index contributed by atoms with van der Waals surface area (Å²) in [5.41, 5.74) is 5.50. The van der Waals surface area contributed by atoms with Gasteiger partial charge in [-0.3, -0.25) is 4.79 Å². The summed E-state index contributed by atoms with van der Waals surface area (Å²) < 4.78 is 11.2. The highest BCUT2D eigenvalue weighted by Crippen LogP contribution is 2.30. The Morgan fingerprint density at radius 3 is 2.84 bits per heavy atom. The molecule has 0 saturated carbocycles. The van der Waals surface area contributed by atoms with E-state index in [9.17, 15) is 4.79 Å². The number of hydrazone groups is 1. The van der Waals surface area contributed by atoms with Crippen molar-refractivity contribution in [2.24, 2.45) is 5.10 Å². The van der Waals surface area contributed by atoms with Gasteiger partial charge in [-0.2, -0.15) is 5.10 Å². The molecule has 1 aliphatic rings. The van der Waals surface area contributed by atoms with Gasteiger partial charge in [0.05, 0.1) is 6.21 Å². The summed E-state index contributed by atoms with van der Waals surface area (Å²) in [6, 6.07) is 15.2. The normalized spacial score (nSPS) is 16.3. The Hall–Kier alpha value is -3.28. The molecule has 0 bridgehead atoms. The molecule has 0 saturated heterocycles. The molecule has 0 unspecified atom stereocenters. The van der Waals surface area contributed by atoms with Crippen LogP contribution in [0.5, 0.6) is 11.5 Å². The molecule has 0 fully saturated rings. The second kappa shape index (κ2) is 6.32. The SMILES string of the molecule is Cc1[nH]c2ccccc2c1C=NNC(=O)[C@@H]1COc2ccccc2O1. The molecule has 3 aromatic rings. The Kier molecular flexibility index (Phi) is 3.85. The molecule has 2 heterocycles. The lowest BCUT2D eigenvalue weighted by Crippen LogP contribution is -2.42. The summed E-state index contributed by atoms with van der Waals surface area (Å²) in [4.78, 5) is 15.5. The molecule has 1 atom stereocenters. The minimum absolute atomic E-state index is 0.157. The summed E-state index contributed by atoms with van der Waals surface area (Å²) >= 11 is 0. The molecular formula is C19H17N3O3. The maximum atomic E-state index is 12.2. The highest BCUT2D eigenvalue weighted by atomic mass is 16.6. The number of fused-ring (bicyclic) bond motifs is 2. The van der Waals surface area contributed by atoms with Crippen molar-refractivity contribution >= 4 is 23.0 Å². The van der Waals surface area contributed by atoms with Crippen LogP contribution in [0.3, 0.4) is 0 Å². The third kappa shape index (κ3) is 2.94. The first-order valence-electron chi connectivity index (χ1n) is 8.01. The van der Waals surface area contributed by atoms with Gasteiger partial charge >= 0.3 is 0 Å². The van der Waals surface area contributed by atoms with Crippen LogP contribution in [0.2, 0.25) is 0 Å². The third-order valence-corrected chi connectivity index (χ3v) is 4.11. The molecule has 6 heteroatoms. The zero-order chi connectivity index (χ0) is 17.2. The molecule has 0 aliphatic carbocycles. The van der Waals surface area contributed by atoms with E-state index in [2.05, 4.69) is 15.5 Å². The van der Waals surface area contributed by atoms with Crippen LogP contribution in [0.25, 0.3) is 10.9 Å². The maximum Gasteiger partial charge on any atom is 0.284 e. The number of rotatable bonds is 3. The number of aryl methyl sites for hydroxylation is 1. The van der Waals surface area contributed by atoms with Crippen LogP contribution in [-0.4, -0.2) is 29.8 Å². The van der Waals surface area contributed by atoms with Gasteiger partial charge < -0.3 is 14.5 Å². The Balaban J connectivity index is 1.45. The molecule has 2 N–H and O–H groups in total. The number of H-pyrrole nitrogens is 1. The summed E-state index contributed by atoms with van der Waals surface area (Å²) in [5, 5.41) is 5.14. The number of nitrogens with one attached hydrogen (secondary N) is 2. The van der Waals surface area contributed by atoms with Crippen LogP contribution in [-0.2, 0) is 4.79 Å². The predicted octanol–water partition coefficient (Wildman–Crippen LogP) is 2.77. The van der Waals surface area contributed by atoms with Gasteiger partial charge in [-0.15, -0.1) is 0 Å². The fraction of sp³-hybridized carbons (Fsp3) is 0.158. The molecule has 0 radical (unpaired) electrons. The van der Waals surface area contributed by atoms with Crippen LogP contribution >= 0.6 is 0 Å². The van der Waals surface area contributed by atoms with Crippen LogP contribution in [0, 0.1) is 6.92 Å². The quantitative estimate of drug-likeness (QED) is 0.571. The van der Waals surface area contributed by atoms with Crippen molar-refractivity contribution in [2.75, 3.05) is 6.61 Å². The minimum atomic E-state index is -0.726. The van der Waals surface area contributed by atoms with E-state index in [-0.39, 0.29) is 12.5 Å². The van der Waals surface area contributed by atoms with Crippen LogP contribution in [0.4, 0.5) is 0 Å². The molecular weight excluding hydrogens is 318 g/mol. The Morgan fingerprint density at radius 1 is 1.20 bits per heavy atom. The Labute approximate surface area is 144 Å². The van der Waals surface area contributed by atoms with E-state index >= 15 is 0 Å². The molecule has 4 rings (SSSR count). The van der Waals surface area contributed by atoms with Crippen molar-refractivity contribution < 1.29 is 14.3 Å². The molecule has 2 aromatic carbocycles. The van der Waals surface area contributed by atoms with Crippen LogP contribution in [0.1, 0.15) is 11.3 Å². The monoisotopic (exact) mass is 335 g/mol. The van der Waals surface area contributed by atoms with Crippen molar-refractivity contribution in [3.63, 3.8) is 0 Å².